The van der Waals surface area contributed by atoms with Crippen LogP contribution in [0.3, 0.4) is 0 Å². The van der Waals surface area contributed by atoms with Gasteiger partial charge in [0.25, 0.3) is 0 Å². The van der Waals surface area contributed by atoms with Gasteiger partial charge in [-0.15, -0.1) is 0 Å². The lowest BCUT2D eigenvalue weighted by atomic mass is 9.87. The van der Waals surface area contributed by atoms with Crippen molar-refractivity contribution in [3.8, 4) is 0 Å². The standard InChI is InChI=1S/C22H25N3O2S/c1-3-18(16-8-5-4-6-9-16)21-10-7-13-25(21)22-19-14-17(28(2,26)27)11-12-20(19)23-15-24-22/h4-6,8-9,11-12,14-15,18,21H,3,7,10,13H2,1-2H3. The molecule has 0 saturated carbocycles. The van der Waals surface area contributed by atoms with E-state index in [2.05, 4.69) is 46.1 Å². The Balaban J connectivity index is 1.80. The Hall–Kier alpha value is -2.47. The first kappa shape index (κ1) is 18.9. The summed E-state index contributed by atoms with van der Waals surface area (Å²) in [5.74, 6) is 1.25. The maximum absolute atomic E-state index is 12.1. The number of rotatable bonds is 5. The van der Waals surface area contributed by atoms with Gasteiger partial charge >= 0.3 is 0 Å². The lowest BCUT2D eigenvalue weighted by Crippen LogP contribution is -2.35. The number of hydrogen-bond donors (Lipinski definition) is 0. The van der Waals surface area contributed by atoms with Crippen molar-refractivity contribution in [2.24, 2.45) is 0 Å². The van der Waals surface area contributed by atoms with E-state index in [4.69, 9.17) is 0 Å². The molecule has 0 bridgehead atoms. The molecule has 5 nitrogen and oxygen atoms in total. The Morgan fingerprint density at radius 2 is 1.93 bits per heavy atom. The van der Waals surface area contributed by atoms with Gasteiger partial charge in [-0.2, -0.15) is 0 Å². The van der Waals surface area contributed by atoms with Crippen molar-refractivity contribution in [2.45, 2.75) is 43.0 Å². The van der Waals surface area contributed by atoms with Crippen LogP contribution < -0.4 is 4.90 Å². The van der Waals surface area contributed by atoms with Crippen LogP contribution in [0.1, 0.15) is 37.7 Å². The molecule has 0 amide bonds. The van der Waals surface area contributed by atoms with E-state index in [0.717, 1.165) is 42.5 Å². The second kappa shape index (κ2) is 7.51. The fraction of sp³-hybridized carbons (Fsp3) is 0.364. The molecule has 0 N–H and O–H groups in total. The van der Waals surface area contributed by atoms with Crippen molar-refractivity contribution >= 4 is 26.6 Å². The molecule has 1 saturated heterocycles. The third-order valence-corrected chi connectivity index (χ3v) is 6.83. The highest BCUT2D eigenvalue weighted by Gasteiger charge is 2.33. The Morgan fingerprint density at radius 3 is 2.64 bits per heavy atom. The van der Waals surface area contributed by atoms with Crippen LogP contribution in [0.2, 0.25) is 0 Å². The largest absolute Gasteiger partial charge is 0.352 e. The molecule has 2 aromatic carbocycles. The van der Waals surface area contributed by atoms with E-state index in [1.807, 2.05) is 6.07 Å². The SMILES string of the molecule is CCC(c1ccccc1)C1CCCN1c1ncnc2ccc(S(C)(=O)=O)cc12. The monoisotopic (exact) mass is 395 g/mol. The molecule has 0 spiro atoms. The van der Waals surface area contributed by atoms with Crippen molar-refractivity contribution in [2.75, 3.05) is 17.7 Å². The molecule has 0 radical (unpaired) electrons. The van der Waals surface area contributed by atoms with E-state index in [-0.39, 0.29) is 0 Å². The summed E-state index contributed by atoms with van der Waals surface area (Å²) >= 11 is 0. The minimum atomic E-state index is -3.29. The lowest BCUT2D eigenvalue weighted by molar-refractivity contribution is 0.514. The molecule has 1 aromatic heterocycles. The molecular weight excluding hydrogens is 370 g/mol. The Labute approximate surface area is 166 Å². The van der Waals surface area contributed by atoms with Crippen LogP contribution in [-0.4, -0.2) is 37.2 Å². The lowest BCUT2D eigenvalue weighted by Gasteiger charge is -2.33. The number of fused-ring (bicyclic) bond motifs is 1. The van der Waals surface area contributed by atoms with Crippen molar-refractivity contribution in [3.05, 3.63) is 60.4 Å². The Kier molecular flexibility index (Phi) is 5.06. The molecule has 2 heterocycles. The van der Waals surface area contributed by atoms with Crippen LogP contribution >= 0.6 is 0 Å². The van der Waals surface area contributed by atoms with Crippen LogP contribution in [0.5, 0.6) is 0 Å². The van der Waals surface area contributed by atoms with Crippen LogP contribution in [0.25, 0.3) is 10.9 Å². The third kappa shape index (κ3) is 3.49. The number of benzene rings is 2. The van der Waals surface area contributed by atoms with Crippen LogP contribution in [0, 0.1) is 0 Å². The zero-order valence-electron chi connectivity index (χ0n) is 16.2. The Bertz CT molecular complexity index is 1080. The van der Waals surface area contributed by atoms with E-state index in [1.54, 1.807) is 24.5 Å². The predicted molar refractivity (Wildman–Crippen MR) is 112 cm³/mol. The normalized spacial score (nSPS) is 18.5. The molecule has 146 valence electrons. The number of anilines is 1. The van der Waals surface area contributed by atoms with E-state index >= 15 is 0 Å². The molecule has 4 rings (SSSR count). The summed E-state index contributed by atoms with van der Waals surface area (Å²) in [5, 5.41) is 0.806. The summed E-state index contributed by atoms with van der Waals surface area (Å²) in [6.45, 7) is 3.15. The van der Waals surface area contributed by atoms with E-state index < -0.39 is 9.84 Å². The minimum absolute atomic E-state index is 0.307. The summed E-state index contributed by atoms with van der Waals surface area (Å²) < 4.78 is 24.1. The van der Waals surface area contributed by atoms with Gasteiger partial charge in [0.1, 0.15) is 12.1 Å². The maximum Gasteiger partial charge on any atom is 0.175 e. The molecule has 2 atom stereocenters. The average Bonchev–Trinajstić information content (AvgIpc) is 3.17. The first-order valence-corrected chi connectivity index (χ1v) is 11.6. The highest BCUT2D eigenvalue weighted by molar-refractivity contribution is 7.90. The van der Waals surface area contributed by atoms with Crippen LogP contribution in [0.4, 0.5) is 5.82 Å². The summed E-state index contributed by atoms with van der Waals surface area (Å²) in [6.07, 6.45) is 6.06. The smallest absolute Gasteiger partial charge is 0.175 e. The fourth-order valence-electron chi connectivity index (χ4n) is 4.39. The van der Waals surface area contributed by atoms with Crippen molar-refractivity contribution in [1.29, 1.82) is 0 Å². The molecular formula is C22H25N3O2S. The summed E-state index contributed by atoms with van der Waals surface area (Å²) in [7, 11) is -3.29. The quantitative estimate of drug-likeness (QED) is 0.648. The van der Waals surface area contributed by atoms with E-state index in [9.17, 15) is 8.42 Å². The number of aromatic nitrogens is 2. The van der Waals surface area contributed by atoms with Gasteiger partial charge in [0.05, 0.1) is 10.4 Å². The summed E-state index contributed by atoms with van der Waals surface area (Å²) in [4.78, 5) is 11.6. The van der Waals surface area contributed by atoms with Crippen LogP contribution in [0.15, 0.2) is 59.8 Å². The van der Waals surface area contributed by atoms with Crippen molar-refractivity contribution < 1.29 is 8.42 Å². The average molecular weight is 396 g/mol. The predicted octanol–water partition coefficient (Wildman–Crippen LogP) is 4.20. The maximum atomic E-state index is 12.1. The van der Waals surface area contributed by atoms with E-state index in [0.29, 0.717) is 16.9 Å². The molecule has 1 fully saturated rings. The zero-order valence-corrected chi connectivity index (χ0v) is 17.1. The number of hydrogen-bond acceptors (Lipinski definition) is 5. The van der Waals surface area contributed by atoms with Gasteiger partial charge in [-0.25, -0.2) is 18.4 Å². The molecule has 6 heteroatoms. The van der Waals surface area contributed by atoms with E-state index in [1.165, 1.54) is 11.8 Å². The van der Waals surface area contributed by atoms with Gasteiger partial charge < -0.3 is 4.90 Å². The molecule has 2 unspecified atom stereocenters. The van der Waals surface area contributed by atoms with Crippen molar-refractivity contribution in [3.63, 3.8) is 0 Å². The first-order chi connectivity index (χ1) is 13.5. The summed E-state index contributed by atoms with van der Waals surface area (Å²) in [5.41, 5.74) is 2.12. The van der Waals surface area contributed by atoms with Gasteiger partial charge in [0, 0.05) is 30.1 Å². The van der Waals surface area contributed by atoms with Crippen LogP contribution in [-0.2, 0) is 9.84 Å². The Morgan fingerprint density at radius 1 is 1.14 bits per heavy atom. The topological polar surface area (TPSA) is 63.2 Å². The van der Waals surface area contributed by atoms with Gasteiger partial charge in [0.15, 0.2) is 9.84 Å². The molecule has 28 heavy (non-hydrogen) atoms. The third-order valence-electron chi connectivity index (χ3n) is 5.72. The second-order valence-corrected chi connectivity index (χ2v) is 9.49. The second-order valence-electron chi connectivity index (χ2n) is 7.48. The van der Waals surface area contributed by atoms with Gasteiger partial charge in [-0.3, -0.25) is 0 Å². The van der Waals surface area contributed by atoms with Gasteiger partial charge in [-0.1, -0.05) is 37.3 Å². The minimum Gasteiger partial charge on any atom is -0.352 e. The molecule has 3 aromatic rings. The highest BCUT2D eigenvalue weighted by Crippen LogP contribution is 2.38. The number of nitrogens with zero attached hydrogens (tertiary/aromatic N) is 3. The van der Waals surface area contributed by atoms with Crippen molar-refractivity contribution in [1.82, 2.24) is 9.97 Å². The first-order valence-electron chi connectivity index (χ1n) is 9.75. The zero-order chi connectivity index (χ0) is 19.7. The molecule has 1 aliphatic heterocycles. The fourth-order valence-corrected chi connectivity index (χ4v) is 5.03. The number of sulfone groups is 1. The molecule has 0 aliphatic carbocycles. The molecule has 1 aliphatic rings. The van der Waals surface area contributed by atoms with Gasteiger partial charge in [-0.05, 0) is 43.0 Å². The van der Waals surface area contributed by atoms with Gasteiger partial charge in [0.2, 0.25) is 0 Å². The summed E-state index contributed by atoms with van der Waals surface area (Å²) in [6, 6.07) is 16.1. The highest BCUT2D eigenvalue weighted by atomic mass is 32.2.